The fourth-order valence-corrected chi connectivity index (χ4v) is 2.46. The van der Waals surface area contributed by atoms with E-state index in [0.717, 1.165) is 23.6 Å². The van der Waals surface area contributed by atoms with E-state index in [2.05, 4.69) is 5.73 Å². The monoisotopic (exact) mass is 215 g/mol. The van der Waals surface area contributed by atoms with Crippen LogP contribution in [0.3, 0.4) is 0 Å². The molecule has 0 radical (unpaired) electrons. The molecule has 0 aromatic carbocycles. The predicted molar refractivity (Wildman–Crippen MR) is 58.1 cm³/mol. The first-order valence-electron chi connectivity index (χ1n) is 4.76. The molecule has 14 heavy (non-hydrogen) atoms. The highest BCUT2D eigenvalue weighted by Gasteiger charge is 2.17. The van der Waals surface area contributed by atoms with E-state index in [1.54, 1.807) is 0 Å². The van der Waals surface area contributed by atoms with Crippen LogP contribution in [-0.4, -0.2) is 34.8 Å². The molecule has 1 saturated heterocycles. The molecule has 0 bridgehead atoms. The Bertz CT molecular complexity index is 282. The maximum absolute atomic E-state index is 11.9. The molecular formula is C10H17NO2S. The summed E-state index contributed by atoms with van der Waals surface area (Å²) in [6.45, 7) is 8.61. The van der Waals surface area contributed by atoms with Crippen molar-refractivity contribution in [3.8, 4) is 0 Å². The van der Waals surface area contributed by atoms with Crippen molar-refractivity contribution >= 4 is 11.0 Å². The zero-order valence-corrected chi connectivity index (χ0v) is 9.82. The molecule has 0 N–H and O–H groups in total. The Labute approximate surface area is 88.0 Å². The molecule has 1 aliphatic rings. The minimum atomic E-state index is -1.03. The molecule has 80 valence electrons. The van der Waals surface area contributed by atoms with Crippen molar-refractivity contribution in [1.82, 2.24) is 4.31 Å². The second-order valence-corrected chi connectivity index (χ2v) is 5.10. The van der Waals surface area contributed by atoms with Gasteiger partial charge in [0.2, 0.25) is 0 Å². The topological polar surface area (TPSA) is 29.5 Å². The molecule has 0 saturated carbocycles. The van der Waals surface area contributed by atoms with E-state index in [-0.39, 0.29) is 0 Å². The Hall–Kier alpha value is -0.410. The third-order valence-corrected chi connectivity index (χ3v) is 3.35. The maximum Gasteiger partial charge on any atom is 0.131 e. The lowest BCUT2D eigenvalue weighted by Gasteiger charge is -2.24. The molecule has 1 rings (SSSR count). The number of rotatable bonds is 2. The van der Waals surface area contributed by atoms with Gasteiger partial charge < -0.3 is 4.74 Å². The van der Waals surface area contributed by atoms with Gasteiger partial charge >= 0.3 is 0 Å². The van der Waals surface area contributed by atoms with E-state index in [0.29, 0.717) is 13.2 Å². The summed E-state index contributed by atoms with van der Waals surface area (Å²) < 4.78 is 19.0. The fourth-order valence-electron chi connectivity index (χ4n) is 1.30. The Balaban J connectivity index is 2.69. The highest BCUT2D eigenvalue weighted by molar-refractivity contribution is 7.86. The molecule has 1 aliphatic heterocycles. The van der Waals surface area contributed by atoms with E-state index in [1.165, 1.54) is 0 Å². The van der Waals surface area contributed by atoms with Gasteiger partial charge in [-0.15, -0.1) is 5.73 Å². The smallest absolute Gasteiger partial charge is 0.131 e. The van der Waals surface area contributed by atoms with Crippen LogP contribution in [0, 0.1) is 0 Å². The van der Waals surface area contributed by atoms with Crippen LogP contribution in [-0.2, 0) is 15.7 Å². The Morgan fingerprint density at radius 3 is 2.36 bits per heavy atom. The molecule has 0 aromatic heterocycles. The highest BCUT2D eigenvalue weighted by atomic mass is 32.2. The van der Waals surface area contributed by atoms with E-state index in [4.69, 9.17) is 4.74 Å². The van der Waals surface area contributed by atoms with E-state index in [9.17, 15) is 4.21 Å². The van der Waals surface area contributed by atoms with Gasteiger partial charge in [-0.1, -0.05) is 0 Å². The summed E-state index contributed by atoms with van der Waals surface area (Å²) in [5.74, 6) is 0. The third kappa shape index (κ3) is 3.39. The van der Waals surface area contributed by atoms with Crippen LogP contribution in [0.5, 0.6) is 0 Å². The third-order valence-electron chi connectivity index (χ3n) is 1.89. The zero-order chi connectivity index (χ0) is 10.6. The van der Waals surface area contributed by atoms with Crippen LogP contribution in [0.25, 0.3) is 0 Å². The predicted octanol–water partition coefficient (Wildman–Crippen LogP) is 1.45. The number of hydrogen-bond acceptors (Lipinski definition) is 2. The Kier molecular flexibility index (Phi) is 4.55. The standard InChI is InChI=1S/C10H17NO2S/c1-9(2)8-10(3)14(12)11-4-6-13-7-5-11/h4-7H2,1-3H3. The Morgan fingerprint density at radius 2 is 1.86 bits per heavy atom. The van der Waals surface area contributed by atoms with E-state index >= 15 is 0 Å². The highest BCUT2D eigenvalue weighted by Crippen LogP contribution is 2.09. The lowest BCUT2D eigenvalue weighted by Crippen LogP contribution is -2.37. The van der Waals surface area contributed by atoms with Gasteiger partial charge in [0.05, 0.1) is 18.1 Å². The SMILES string of the molecule is CC(C)=C=C(C)S(=O)N1CCOCC1. The van der Waals surface area contributed by atoms with Crippen molar-refractivity contribution in [1.29, 1.82) is 0 Å². The summed E-state index contributed by atoms with van der Waals surface area (Å²) in [4.78, 5) is 0.798. The minimum Gasteiger partial charge on any atom is -0.379 e. The van der Waals surface area contributed by atoms with Gasteiger partial charge in [-0.2, -0.15) is 0 Å². The van der Waals surface area contributed by atoms with Crippen molar-refractivity contribution in [2.75, 3.05) is 26.3 Å². The summed E-state index contributed by atoms with van der Waals surface area (Å²) in [6, 6.07) is 0. The second-order valence-electron chi connectivity index (χ2n) is 3.47. The number of nitrogens with zero attached hydrogens (tertiary/aromatic N) is 1. The first-order chi connectivity index (χ1) is 6.61. The average Bonchev–Trinajstić information content (AvgIpc) is 2.17. The second kappa shape index (κ2) is 5.47. The number of ether oxygens (including phenoxy) is 1. The Morgan fingerprint density at radius 1 is 1.29 bits per heavy atom. The molecule has 4 heteroatoms. The van der Waals surface area contributed by atoms with Gasteiger partial charge in [-0.25, -0.2) is 8.51 Å². The zero-order valence-electron chi connectivity index (χ0n) is 9.00. The summed E-state index contributed by atoms with van der Waals surface area (Å²) in [7, 11) is -1.03. The quantitative estimate of drug-likeness (QED) is 0.653. The van der Waals surface area contributed by atoms with Crippen LogP contribution in [0.15, 0.2) is 16.2 Å². The van der Waals surface area contributed by atoms with Crippen LogP contribution in [0.2, 0.25) is 0 Å². The van der Waals surface area contributed by atoms with Gasteiger partial charge in [0.1, 0.15) is 11.0 Å². The molecule has 0 spiro atoms. The molecule has 1 atom stereocenters. The summed E-state index contributed by atoms with van der Waals surface area (Å²) >= 11 is 0. The van der Waals surface area contributed by atoms with E-state index in [1.807, 2.05) is 25.1 Å². The summed E-state index contributed by atoms with van der Waals surface area (Å²) in [5.41, 5.74) is 4.15. The first-order valence-corrected chi connectivity index (χ1v) is 5.87. The van der Waals surface area contributed by atoms with Crippen molar-refractivity contribution in [3.63, 3.8) is 0 Å². The largest absolute Gasteiger partial charge is 0.379 e. The van der Waals surface area contributed by atoms with E-state index < -0.39 is 11.0 Å². The first kappa shape index (κ1) is 11.7. The molecule has 1 unspecified atom stereocenters. The maximum atomic E-state index is 11.9. The van der Waals surface area contributed by atoms with Gasteiger partial charge in [0.15, 0.2) is 0 Å². The normalized spacial score (nSPS) is 19.9. The summed E-state index contributed by atoms with van der Waals surface area (Å²) in [5, 5.41) is 0. The number of morpholine rings is 1. The van der Waals surface area contributed by atoms with Crippen LogP contribution < -0.4 is 0 Å². The minimum absolute atomic E-state index is 0.674. The van der Waals surface area contributed by atoms with Crippen LogP contribution >= 0.6 is 0 Å². The van der Waals surface area contributed by atoms with Gasteiger partial charge in [0, 0.05) is 13.1 Å². The fraction of sp³-hybridized carbons (Fsp3) is 0.700. The van der Waals surface area contributed by atoms with Crippen molar-refractivity contribution in [3.05, 3.63) is 16.2 Å². The van der Waals surface area contributed by atoms with Crippen molar-refractivity contribution in [2.24, 2.45) is 0 Å². The molecule has 0 aliphatic carbocycles. The molecular weight excluding hydrogens is 198 g/mol. The van der Waals surface area contributed by atoms with Crippen molar-refractivity contribution in [2.45, 2.75) is 20.8 Å². The van der Waals surface area contributed by atoms with Crippen LogP contribution in [0.4, 0.5) is 0 Å². The lowest BCUT2D eigenvalue weighted by molar-refractivity contribution is 0.0755. The van der Waals surface area contributed by atoms with Gasteiger partial charge in [0.25, 0.3) is 0 Å². The molecule has 3 nitrogen and oxygen atoms in total. The van der Waals surface area contributed by atoms with Crippen molar-refractivity contribution < 1.29 is 8.95 Å². The summed E-state index contributed by atoms with van der Waals surface area (Å²) in [6.07, 6.45) is 0. The number of allylic oxidation sites excluding steroid dienone is 1. The molecule has 1 fully saturated rings. The van der Waals surface area contributed by atoms with Gasteiger partial charge in [-0.3, -0.25) is 0 Å². The molecule has 1 heterocycles. The molecule has 0 amide bonds. The average molecular weight is 215 g/mol. The van der Waals surface area contributed by atoms with Gasteiger partial charge in [-0.05, 0) is 26.3 Å². The lowest BCUT2D eigenvalue weighted by atomic mass is 10.4. The van der Waals surface area contributed by atoms with Crippen LogP contribution in [0.1, 0.15) is 20.8 Å². The molecule has 0 aromatic rings. The number of hydrogen-bond donors (Lipinski definition) is 0.